The molecule has 1 aliphatic carbocycles. The van der Waals surface area contributed by atoms with Gasteiger partial charge in [-0.25, -0.2) is 0 Å². The fourth-order valence-corrected chi connectivity index (χ4v) is 1.45. The van der Waals surface area contributed by atoms with Crippen molar-refractivity contribution in [2.24, 2.45) is 0 Å². The van der Waals surface area contributed by atoms with Gasteiger partial charge in [-0.05, 0) is 40.7 Å². The topological polar surface area (TPSA) is 40.5 Å². The van der Waals surface area contributed by atoms with Gasteiger partial charge in [0.25, 0.3) is 0 Å². The maximum absolute atomic E-state index is 10.9. The third-order valence-electron chi connectivity index (χ3n) is 2.77. The number of aliphatic carboxylic acids is 1. The van der Waals surface area contributed by atoms with Crippen molar-refractivity contribution in [1.82, 2.24) is 4.90 Å². The van der Waals surface area contributed by atoms with Crippen LogP contribution in [-0.2, 0) is 4.79 Å². The molecule has 0 heterocycles. The van der Waals surface area contributed by atoms with E-state index in [1.807, 2.05) is 32.7 Å². The lowest BCUT2D eigenvalue weighted by Gasteiger charge is -2.36. The summed E-state index contributed by atoms with van der Waals surface area (Å²) >= 11 is 0. The zero-order valence-electron chi connectivity index (χ0n) is 8.22. The number of likely N-dealkylation sites (N-methyl/N-ethyl adjacent to an activating group) is 1. The average Bonchev–Trinajstić information content (AvgIpc) is 2.62. The zero-order chi connectivity index (χ0) is 9.57. The number of hydrogen-bond donors (Lipinski definition) is 1. The molecule has 0 amide bonds. The van der Waals surface area contributed by atoms with E-state index in [1.54, 1.807) is 0 Å². The smallest absolute Gasteiger partial charge is 0.324 e. The minimum atomic E-state index is -0.681. The highest BCUT2D eigenvalue weighted by atomic mass is 16.4. The highest BCUT2D eigenvalue weighted by Gasteiger charge is 2.56. The van der Waals surface area contributed by atoms with Crippen LogP contribution in [-0.4, -0.2) is 34.1 Å². The first-order chi connectivity index (χ1) is 5.31. The Balaban J connectivity index is 2.77. The predicted octanol–water partition coefficient (Wildman–Crippen LogP) is 1.33. The minimum Gasteiger partial charge on any atom is -0.480 e. The van der Waals surface area contributed by atoms with Crippen LogP contribution in [0.2, 0.25) is 0 Å². The molecule has 1 N–H and O–H groups in total. The number of rotatable bonds is 2. The third kappa shape index (κ3) is 1.33. The van der Waals surface area contributed by atoms with Crippen molar-refractivity contribution >= 4 is 5.97 Å². The molecule has 0 spiro atoms. The van der Waals surface area contributed by atoms with E-state index in [2.05, 4.69) is 0 Å². The summed E-state index contributed by atoms with van der Waals surface area (Å²) in [4.78, 5) is 12.9. The first-order valence-corrected chi connectivity index (χ1v) is 4.28. The average molecular weight is 171 g/mol. The Morgan fingerprint density at radius 2 is 1.83 bits per heavy atom. The molecule has 0 aromatic carbocycles. The van der Waals surface area contributed by atoms with E-state index in [0.29, 0.717) is 0 Å². The Labute approximate surface area is 73.4 Å². The molecule has 1 fully saturated rings. The monoisotopic (exact) mass is 171 g/mol. The van der Waals surface area contributed by atoms with E-state index in [0.717, 1.165) is 12.8 Å². The molecule has 0 bridgehead atoms. The summed E-state index contributed by atoms with van der Waals surface area (Å²) in [6.07, 6.45) is 1.58. The normalized spacial score (nSPS) is 21.1. The van der Waals surface area contributed by atoms with Crippen LogP contribution in [0.4, 0.5) is 0 Å². The molecular formula is C9H17NO2. The maximum atomic E-state index is 10.9. The molecule has 0 aromatic heterocycles. The van der Waals surface area contributed by atoms with Gasteiger partial charge >= 0.3 is 5.97 Å². The SMILES string of the molecule is CN(C(C)(C)C)C1(C(=O)O)CC1. The van der Waals surface area contributed by atoms with Gasteiger partial charge in [-0.1, -0.05) is 0 Å². The molecule has 0 unspecified atom stereocenters. The van der Waals surface area contributed by atoms with Crippen molar-refractivity contribution in [3.63, 3.8) is 0 Å². The van der Waals surface area contributed by atoms with E-state index >= 15 is 0 Å². The van der Waals surface area contributed by atoms with E-state index in [1.165, 1.54) is 0 Å². The van der Waals surface area contributed by atoms with Crippen molar-refractivity contribution in [2.75, 3.05) is 7.05 Å². The summed E-state index contributed by atoms with van der Waals surface area (Å²) in [7, 11) is 1.89. The van der Waals surface area contributed by atoms with Gasteiger partial charge in [0.1, 0.15) is 5.54 Å². The second kappa shape index (κ2) is 2.46. The molecule has 0 aromatic rings. The second-order valence-electron chi connectivity index (χ2n) is 4.57. The number of carboxylic acids is 1. The molecule has 0 radical (unpaired) electrons. The first kappa shape index (κ1) is 9.52. The molecule has 0 aliphatic heterocycles. The lowest BCUT2D eigenvalue weighted by atomic mass is 10.0. The largest absolute Gasteiger partial charge is 0.480 e. The van der Waals surface area contributed by atoms with Gasteiger partial charge in [0.15, 0.2) is 0 Å². The van der Waals surface area contributed by atoms with E-state index < -0.39 is 11.5 Å². The van der Waals surface area contributed by atoms with Gasteiger partial charge in [-0.15, -0.1) is 0 Å². The van der Waals surface area contributed by atoms with Crippen molar-refractivity contribution in [2.45, 2.75) is 44.7 Å². The fourth-order valence-electron chi connectivity index (χ4n) is 1.45. The number of hydrogen-bond acceptors (Lipinski definition) is 2. The molecule has 1 rings (SSSR count). The van der Waals surface area contributed by atoms with Gasteiger partial charge in [0.05, 0.1) is 0 Å². The summed E-state index contributed by atoms with van der Waals surface area (Å²) in [5.41, 5.74) is -0.618. The van der Waals surface area contributed by atoms with Crippen LogP contribution in [0.5, 0.6) is 0 Å². The minimum absolute atomic E-state index is 0.0606. The molecule has 3 heteroatoms. The van der Waals surface area contributed by atoms with Gasteiger partial charge in [-0.2, -0.15) is 0 Å². The summed E-state index contributed by atoms with van der Waals surface area (Å²) < 4.78 is 0. The van der Waals surface area contributed by atoms with Crippen LogP contribution in [0.3, 0.4) is 0 Å². The summed E-state index contributed by atoms with van der Waals surface area (Å²) in [6.45, 7) is 6.11. The molecule has 1 aliphatic rings. The van der Waals surface area contributed by atoms with Crippen LogP contribution in [0.25, 0.3) is 0 Å². The van der Waals surface area contributed by atoms with Gasteiger partial charge in [-0.3, -0.25) is 9.69 Å². The quantitative estimate of drug-likeness (QED) is 0.681. The van der Waals surface area contributed by atoms with Crippen LogP contribution in [0.15, 0.2) is 0 Å². The maximum Gasteiger partial charge on any atom is 0.324 e. The highest BCUT2D eigenvalue weighted by Crippen LogP contribution is 2.44. The Morgan fingerprint density at radius 3 is 1.92 bits per heavy atom. The van der Waals surface area contributed by atoms with Crippen molar-refractivity contribution in [3.05, 3.63) is 0 Å². The fraction of sp³-hybridized carbons (Fsp3) is 0.889. The van der Waals surface area contributed by atoms with Crippen LogP contribution < -0.4 is 0 Å². The Bertz CT molecular complexity index is 201. The second-order valence-corrected chi connectivity index (χ2v) is 4.57. The number of nitrogens with zero attached hydrogens (tertiary/aromatic N) is 1. The van der Waals surface area contributed by atoms with E-state index in [9.17, 15) is 4.79 Å². The molecular weight excluding hydrogens is 154 g/mol. The van der Waals surface area contributed by atoms with Gasteiger partial charge in [0, 0.05) is 5.54 Å². The van der Waals surface area contributed by atoms with Crippen LogP contribution in [0, 0.1) is 0 Å². The lowest BCUT2D eigenvalue weighted by molar-refractivity contribution is -0.146. The van der Waals surface area contributed by atoms with E-state index in [-0.39, 0.29) is 5.54 Å². The van der Waals surface area contributed by atoms with Crippen LogP contribution >= 0.6 is 0 Å². The molecule has 70 valence electrons. The molecule has 0 atom stereocenters. The Kier molecular flexibility index (Phi) is 1.95. The number of carbonyl (C=O) groups is 1. The van der Waals surface area contributed by atoms with Crippen molar-refractivity contribution in [3.8, 4) is 0 Å². The standard InChI is InChI=1S/C9H17NO2/c1-8(2,3)10(4)9(5-6-9)7(11)12/h5-6H2,1-4H3,(H,11,12). The summed E-state index contributed by atoms with van der Waals surface area (Å²) in [5.74, 6) is -0.681. The Hall–Kier alpha value is -0.570. The van der Waals surface area contributed by atoms with Crippen molar-refractivity contribution < 1.29 is 9.90 Å². The lowest BCUT2D eigenvalue weighted by Crippen LogP contribution is -2.50. The third-order valence-corrected chi connectivity index (χ3v) is 2.77. The summed E-state index contributed by atoms with van der Waals surface area (Å²) in [6, 6.07) is 0. The Morgan fingerprint density at radius 1 is 1.42 bits per heavy atom. The molecule has 1 saturated carbocycles. The van der Waals surface area contributed by atoms with Gasteiger partial charge in [0.2, 0.25) is 0 Å². The number of carboxylic acid groups (broad SMARTS) is 1. The highest BCUT2D eigenvalue weighted by molar-refractivity contribution is 5.82. The van der Waals surface area contributed by atoms with Gasteiger partial charge < -0.3 is 5.11 Å². The van der Waals surface area contributed by atoms with Crippen LogP contribution in [0.1, 0.15) is 33.6 Å². The zero-order valence-corrected chi connectivity index (χ0v) is 8.22. The molecule has 3 nitrogen and oxygen atoms in total. The first-order valence-electron chi connectivity index (χ1n) is 4.28. The van der Waals surface area contributed by atoms with E-state index in [4.69, 9.17) is 5.11 Å². The molecule has 0 saturated heterocycles. The van der Waals surface area contributed by atoms with Crippen molar-refractivity contribution in [1.29, 1.82) is 0 Å². The molecule has 12 heavy (non-hydrogen) atoms. The predicted molar refractivity (Wildman–Crippen MR) is 47.1 cm³/mol. The summed E-state index contributed by atoms with van der Waals surface area (Å²) in [5, 5.41) is 9.00.